The molecule has 0 spiro atoms. The maximum absolute atomic E-state index is 12.5. The van der Waals surface area contributed by atoms with Crippen molar-refractivity contribution in [1.82, 2.24) is 9.55 Å². The fourth-order valence-corrected chi connectivity index (χ4v) is 4.98. The minimum atomic E-state index is -3.83. The fourth-order valence-electron chi connectivity index (χ4n) is 2.09. The summed E-state index contributed by atoms with van der Waals surface area (Å²) in [7, 11) is -3.83. The fraction of sp³-hybridized carbons (Fsp3) is 0.231. The number of rotatable bonds is 3. The minimum absolute atomic E-state index is 0.104. The third-order valence-electron chi connectivity index (χ3n) is 3.15. The summed E-state index contributed by atoms with van der Waals surface area (Å²) in [6.07, 6.45) is 1.17. The number of fused-ring (bicyclic) bond motifs is 1. The van der Waals surface area contributed by atoms with Gasteiger partial charge in [0.2, 0.25) is 9.84 Å². The molecule has 110 valence electrons. The van der Waals surface area contributed by atoms with Crippen LogP contribution in [0.3, 0.4) is 0 Å². The zero-order valence-corrected chi connectivity index (χ0v) is 14.0. The Hall–Kier alpha value is -1.12. The summed E-state index contributed by atoms with van der Waals surface area (Å²) in [5, 5.41) is 1.48. The molecule has 21 heavy (non-hydrogen) atoms. The number of aromatic nitrogens is 2. The highest BCUT2D eigenvalue weighted by Gasteiger charge is 2.29. The second kappa shape index (κ2) is 5.58. The van der Waals surface area contributed by atoms with Gasteiger partial charge in [-0.05, 0) is 12.1 Å². The first-order chi connectivity index (χ1) is 10.0. The van der Waals surface area contributed by atoms with Crippen LogP contribution in [0.4, 0.5) is 0 Å². The molecule has 1 aromatic carbocycles. The van der Waals surface area contributed by atoms with Crippen LogP contribution in [0.15, 0.2) is 56.3 Å². The topological polar surface area (TPSA) is 69.0 Å². The highest BCUT2D eigenvalue weighted by molar-refractivity contribution is 9.09. The molecule has 1 aromatic heterocycles. The number of benzene rings is 1. The molecule has 0 saturated heterocycles. The van der Waals surface area contributed by atoms with E-state index in [1.54, 1.807) is 18.2 Å². The second-order valence-electron chi connectivity index (χ2n) is 4.53. The number of hydrogen-bond donors (Lipinski definition) is 0. The predicted molar refractivity (Wildman–Crippen MR) is 83.8 cm³/mol. The Kier molecular flexibility index (Phi) is 3.94. The molecule has 1 atom stereocenters. The summed E-state index contributed by atoms with van der Waals surface area (Å²) in [5.74, 6) is 0. The Morgan fingerprint density at radius 1 is 1.33 bits per heavy atom. The molecule has 0 N–H and O–H groups in total. The molecule has 2 aromatic rings. The van der Waals surface area contributed by atoms with Crippen LogP contribution in [-0.2, 0) is 16.4 Å². The molecule has 0 aliphatic carbocycles. The SMILES string of the molecule is O=c1c(S(=O)(=O)c2ccccc2)cnc2n1CC(CBr)S2. The maximum atomic E-state index is 12.5. The summed E-state index contributed by atoms with van der Waals surface area (Å²) in [6, 6.07) is 7.93. The van der Waals surface area contributed by atoms with Gasteiger partial charge in [-0.3, -0.25) is 9.36 Å². The molecular formula is C13H11BrN2O3S2. The molecule has 0 bridgehead atoms. The number of thioether (sulfide) groups is 1. The van der Waals surface area contributed by atoms with Crippen molar-refractivity contribution in [2.75, 3.05) is 5.33 Å². The van der Waals surface area contributed by atoms with Gasteiger partial charge in [-0.25, -0.2) is 13.4 Å². The summed E-state index contributed by atoms with van der Waals surface area (Å²) in [6.45, 7) is 0.467. The van der Waals surface area contributed by atoms with Gasteiger partial charge in [0.05, 0.1) is 11.1 Å². The standard InChI is InChI=1S/C13H11BrN2O3S2/c14-6-9-8-16-12(17)11(7-15-13(16)20-9)21(18,19)10-4-2-1-3-5-10/h1-5,7,9H,6,8H2. The Morgan fingerprint density at radius 3 is 2.71 bits per heavy atom. The zero-order valence-electron chi connectivity index (χ0n) is 10.8. The van der Waals surface area contributed by atoms with E-state index in [-0.39, 0.29) is 15.0 Å². The number of hydrogen-bond acceptors (Lipinski definition) is 5. The van der Waals surface area contributed by atoms with Crippen molar-refractivity contribution in [2.45, 2.75) is 26.7 Å². The molecule has 1 aliphatic rings. The number of nitrogens with zero attached hydrogens (tertiary/aromatic N) is 2. The monoisotopic (exact) mass is 386 g/mol. The lowest BCUT2D eigenvalue weighted by molar-refractivity contribution is 0.575. The maximum Gasteiger partial charge on any atom is 0.273 e. The van der Waals surface area contributed by atoms with Crippen LogP contribution in [0.2, 0.25) is 0 Å². The highest BCUT2D eigenvalue weighted by Crippen LogP contribution is 2.30. The van der Waals surface area contributed by atoms with Crippen molar-refractivity contribution < 1.29 is 8.42 Å². The van der Waals surface area contributed by atoms with E-state index in [9.17, 15) is 13.2 Å². The second-order valence-corrected chi connectivity index (χ2v) is 8.36. The van der Waals surface area contributed by atoms with Gasteiger partial charge in [0, 0.05) is 17.1 Å². The smallest absolute Gasteiger partial charge is 0.273 e. The van der Waals surface area contributed by atoms with Gasteiger partial charge in [0.15, 0.2) is 10.1 Å². The molecule has 3 rings (SSSR count). The first-order valence-corrected chi connectivity index (χ1v) is 9.65. The Bertz CT molecular complexity index is 834. The first-order valence-electron chi connectivity index (χ1n) is 6.16. The van der Waals surface area contributed by atoms with Gasteiger partial charge in [-0.15, -0.1) is 0 Å². The predicted octanol–water partition coefficient (Wildman–Crippen LogP) is 1.95. The van der Waals surface area contributed by atoms with Crippen molar-refractivity contribution in [3.8, 4) is 0 Å². The van der Waals surface area contributed by atoms with Crippen LogP contribution in [-0.4, -0.2) is 28.5 Å². The molecule has 0 saturated carbocycles. The van der Waals surface area contributed by atoms with E-state index in [2.05, 4.69) is 20.9 Å². The van der Waals surface area contributed by atoms with Crippen LogP contribution in [0, 0.1) is 0 Å². The summed E-state index contributed by atoms with van der Waals surface area (Å²) in [5.41, 5.74) is -0.500. The summed E-state index contributed by atoms with van der Waals surface area (Å²) in [4.78, 5) is 16.4. The van der Waals surface area contributed by atoms with E-state index >= 15 is 0 Å². The summed E-state index contributed by atoms with van der Waals surface area (Å²) >= 11 is 4.85. The van der Waals surface area contributed by atoms with Gasteiger partial charge in [-0.2, -0.15) is 0 Å². The van der Waals surface area contributed by atoms with Crippen LogP contribution < -0.4 is 5.56 Å². The molecule has 0 radical (unpaired) electrons. The number of sulfone groups is 1. The largest absolute Gasteiger partial charge is 0.285 e. The quantitative estimate of drug-likeness (QED) is 0.595. The van der Waals surface area contributed by atoms with Crippen molar-refractivity contribution in [1.29, 1.82) is 0 Å². The van der Waals surface area contributed by atoms with E-state index in [0.717, 1.165) is 5.33 Å². The van der Waals surface area contributed by atoms with Gasteiger partial charge in [-0.1, -0.05) is 45.9 Å². The van der Waals surface area contributed by atoms with Crippen molar-refractivity contribution in [2.24, 2.45) is 0 Å². The number of alkyl halides is 1. The molecule has 2 heterocycles. The van der Waals surface area contributed by atoms with Crippen molar-refractivity contribution >= 4 is 37.5 Å². The third-order valence-corrected chi connectivity index (χ3v) is 7.30. The lowest BCUT2D eigenvalue weighted by Crippen LogP contribution is -2.27. The van der Waals surface area contributed by atoms with Gasteiger partial charge in [0.1, 0.15) is 0 Å². The zero-order chi connectivity index (χ0) is 15.0. The van der Waals surface area contributed by atoms with Crippen LogP contribution in [0.25, 0.3) is 0 Å². The van der Waals surface area contributed by atoms with E-state index in [1.165, 1.54) is 34.7 Å². The molecular weight excluding hydrogens is 376 g/mol. The lowest BCUT2D eigenvalue weighted by atomic mass is 10.4. The van der Waals surface area contributed by atoms with Gasteiger partial charge >= 0.3 is 0 Å². The minimum Gasteiger partial charge on any atom is -0.285 e. The molecule has 0 fully saturated rings. The van der Waals surface area contributed by atoms with Crippen molar-refractivity contribution in [3.05, 3.63) is 46.9 Å². The van der Waals surface area contributed by atoms with Crippen LogP contribution in [0.1, 0.15) is 0 Å². The Labute approximate surface area is 134 Å². The average molecular weight is 387 g/mol. The lowest BCUT2D eigenvalue weighted by Gasteiger charge is -2.06. The Balaban J connectivity index is 2.13. The molecule has 0 amide bonds. The molecule has 5 nitrogen and oxygen atoms in total. The highest BCUT2D eigenvalue weighted by atomic mass is 79.9. The van der Waals surface area contributed by atoms with Crippen LogP contribution >= 0.6 is 27.7 Å². The first kappa shape index (κ1) is 14.8. The molecule has 1 aliphatic heterocycles. The molecule has 8 heteroatoms. The van der Waals surface area contributed by atoms with Crippen molar-refractivity contribution in [3.63, 3.8) is 0 Å². The normalized spacial score (nSPS) is 17.7. The number of halogens is 1. The molecule has 1 unspecified atom stereocenters. The summed E-state index contributed by atoms with van der Waals surface area (Å²) < 4.78 is 26.5. The van der Waals surface area contributed by atoms with Crippen LogP contribution in [0.5, 0.6) is 0 Å². The van der Waals surface area contributed by atoms with Gasteiger partial charge in [0.25, 0.3) is 5.56 Å². The third kappa shape index (κ3) is 2.56. The van der Waals surface area contributed by atoms with E-state index in [1.807, 2.05) is 0 Å². The Morgan fingerprint density at radius 2 is 2.05 bits per heavy atom. The van der Waals surface area contributed by atoms with E-state index in [4.69, 9.17) is 0 Å². The van der Waals surface area contributed by atoms with Gasteiger partial charge < -0.3 is 0 Å². The van der Waals surface area contributed by atoms with E-state index in [0.29, 0.717) is 11.7 Å². The average Bonchev–Trinajstić information content (AvgIpc) is 2.92. The van der Waals surface area contributed by atoms with E-state index < -0.39 is 15.4 Å².